The fraction of sp³-hybridized carbons (Fsp3) is 0.300. The average molecular weight is 195 g/mol. The third kappa shape index (κ3) is 1.85. The van der Waals surface area contributed by atoms with Crippen LogP contribution in [0.1, 0.15) is 12.5 Å². The molecule has 0 radical (unpaired) electrons. The lowest BCUT2D eigenvalue weighted by Crippen LogP contribution is -2.38. The van der Waals surface area contributed by atoms with Gasteiger partial charge in [0.2, 0.25) is 0 Å². The van der Waals surface area contributed by atoms with Gasteiger partial charge in [0.15, 0.2) is 5.60 Å². The van der Waals surface area contributed by atoms with Crippen molar-refractivity contribution in [3.8, 4) is 5.75 Å². The highest BCUT2D eigenvalue weighted by Gasteiger charge is 2.30. The van der Waals surface area contributed by atoms with E-state index in [0.29, 0.717) is 11.3 Å². The van der Waals surface area contributed by atoms with Gasteiger partial charge in [-0.05, 0) is 24.6 Å². The predicted octanol–water partition coefficient (Wildman–Crippen LogP) is 0.388. The number of ether oxygens (including phenoxy) is 1. The second-order valence-electron chi connectivity index (χ2n) is 3.17. The van der Waals surface area contributed by atoms with E-state index < -0.39 is 11.5 Å². The highest BCUT2D eigenvalue weighted by molar-refractivity contribution is 5.84. The van der Waals surface area contributed by atoms with E-state index in [1.165, 1.54) is 14.0 Å². The maximum atomic E-state index is 11.0. The molecule has 1 atom stereocenters. The Bertz CT molecular complexity index is 347. The summed E-state index contributed by atoms with van der Waals surface area (Å²) < 4.78 is 4.97. The minimum atomic E-state index is -1.66. The van der Waals surface area contributed by atoms with Crippen LogP contribution in [0.3, 0.4) is 0 Å². The van der Waals surface area contributed by atoms with E-state index in [9.17, 15) is 9.90 Å². The number of amides is 1. The molecule has 14 heavy (non-hydrogen) atoms. The van der Waals surface area contributed by atoms with Gasteiger partial charge >= 0.3 is 0 Å². The van der Waals surface area contributed by atoms with Crippen LogP contribution in [0.15, 0.2) is 24.3 Å². The summed E-state index contributed by atoms with van der Waals surface area (Å²) >= 11 is 0. The quantitative estimate of drug-likeness (QED) is 0.732. The zero-order chi connectivity index (χ0) is 10.8. The molecule has 0 heterocycles. The van der Waals surface area contributed by atoms with Crippen molar-refractivity contribution in [2.45, 2.75) is 12.5 Å². The van der Waals surface area contributed by atoms with Crippen molar-refractivity contribution in [1.82, 2.24) is 0 Å². The Hall–Kier alpha value is -1.55. The highest BCUT2D eigenvalue weighted by atomic mass is 16.5. The molecule has 0 bridgehead atoms. The second kappa shape index (κ2) is 3.67. The van der Waals surface area contributed by atoms with Crippen LogP contribution < -0.4 is 10.5 Å². The Morgan fingerprint density at radius 2 is 2.21 bits per heavy atom. The molecule has 0 saturated carbocycles. The second-order valence-corrected chi connectivity index (χ2v) is 3.17. The summed E-state index contributed by atoms with van der Waals surface area (Å²) in [5, 5.41) is 9.75. The molecule has 1 rings (SSSR count). The molecule has 1 aromatic rings. The summed E-state index contributed by atoms with van der Waals surface area (Å²) in [6.45, 7) is 1.35. The number of hydrogen-bond donors (Lipinski definition) is 2. The van der Waals surface area contributed by atoms with Gasteiger partial charge in [-0.3, -0.25) is 4.79 Å². The first kappa shape index (κ1) is 10.5. The van der Waals surface area contributed by atoms with Crippen LogP contribution in [-0.2, 0) is 10.4 Å². The van der Waals surface area contributed by atoms with Crippen molar-refractivity contribution in [2.75, 3.05) is 7.11 Å². The first-order valence-corrected chi connectivity index (χ1v) is 4.15. The van der Waals surface area contributed by atoms with E-state index in [4.69, 9.17) is 10.5 Å². The van der Waals surface area contributed by atoms with E-state index in [0.717, 1.165) is 0 Å². The van der Waals surface area contributed by atoms with Crippen molar-refractivity contribution in [3.63, 3.8) is 0 Å². The maximum absolute atomic E-state index is 11.0. The van der Waals surface area contributed by atoms with E-state index >= 15 is 0 Å². The largest absolute Gasteiger partial charge is 0.497 e. The predicted molar refractivity (Wildman–Crippen MR) is 51.8 cm³/mol. The fourth-order valence-corrected chi connectivity index (χ4v) is 1.07. The van der Waals surface area contributed by atoms with E-state index in [-0.39, 0.29) is 0 Å². The summed E-state index contributed by atoms with van der Waals surface area (Å²) in [7, 11) is 1.51. The zero-order valence-corrected chi connectivity index (χ0v) is 8.15. The molecule has 76 valence electrons. The van der Waals surface area contributed by atoms with E-state index in [2.05, 4.69) is 0 Å². The molecule has 4 heteroatoms. The van der Waals surface area contributed by atoms with Crippen molar-refractivity contribution >= 4 is 5.91 Å². The monoisotopic (exact) mass is 195 g/mol. The molecule has 3 N–H and O–H groups in total. The van der Waals surface area contributed by atoms with Crippen LogP contribution in [0.5, 0.6) is 5.75 Å². The van der Waals surface area contributed by atoms with Crippen LogP contribution in [-0.4, -0.2) is 18.1 Å². The summed E-state index contributed by atoms with van der Waals surface area (Å²) in [5.41, 5.74) is 3.83. The van der Waals surface area contributed by atoms with Gasteiger partial charge in [-0.1, -0.05) is 12.1 Å². The fourth-order valence-electron chi connectivity index (χ4n) is 1.07. The van der Waals surface area contributed by atoms with Gasteiger partial charge in [0, 0.05) is 0 Å². The molecular weight excluding hydrogens is 182 g/mol. The standard InChI is InChI=1S/C10H13NO3/c1-10(13,9(11)12)7-4-3-5-8(6-7)14-2/h3-6,13H,1-2H3,(H2,11,12). The van der Waals surface area contributed by atoms with Crippen molar-refractivity contribution < 1.29 is 14.6 Å². The first-order chi connectivity index (χ1) is 6.48. The highest BCUT2D eigenvalue weighted by Crippen LogP contribution is 2.23. The van der Waals surface area contributed by atoms with Crippen molar-refractivity contribution in [3.05, 3.63) is 29.8 Å². The molecule has 1 amide bonds. The summed E-state index contributed by atoms with van der Waals surface area (Å²) in [5.74, 6) is -0.213. The minimum Gasteiger partial charge on any atom is -0.497 e. The lowest BCUT2D eigenvalue weighted by molar-refractivity contribution is -0.135. The minimum absolute atomic E-state index is 0.421. The van der Waals surface area contributed by atoms with Gasteiger partial charge in [-0.2, -0.15) is 0 Å². The summed E-state index contributed by atoms with van der Waals surface area (Å²) in [6, 6.07) is 6.60. The number of aliphatic hydroxyl groups is 1. The van der Waals surface area contributed by atoms with Gasteiger partial charge in [-0.25, -0.2) is 0 Å². The molecule has 0 spiro atoms. The maximum Gasteiger partial charge on any atom is 0.253 e. The van der Waals surface area contributed by atoms with Gasteiger partial charge in [0.1, 0.15) is 5.75 Å². The molecule has 4 nitrogen and oxygen atoms in total. The van der Waals surface area contributed by atoms with Crippen LogP contribution in [0, 0.1) is 0 Å². The van der Waals surface area contributed by atoms with Crippen LogP contribution in [0.25, 0.3) is 0 Å². The normalized spacial score (nSPS) is 14.5. The smallest absolute Gasteiger partial charge is 0.253 e. The number of carbonyl (C=O) groups is 1. The molecule has 0 saturated heterocycles. The summed E-state index contributed by atoms with van der Waals surface area (Å²) in [6.07, 6.45) is 0. The summed E-state index contributed by atoms with van der Waals surface area (Å²) in [4.78, 5) is 11.0. The Morgan fingerprint density at radius 1 is 1.57 bits per heavy atom. The van der Waals surface area contributed by atoms with E-state index in [1.54, 1.807) is 24.3 Å². The molecular formula is C10H13NO3. The molecule has 0 aliphatic rings. The van der Waals surface area contributed by atoms with Crippen LogP contribution in [0.2, 0.25) is 0 Å². The van der Waals surface area contributed by atoms with Gasteiger partial charge in [-0.15, -0.1) is 0 Å². The number of methoxy groups -OCH3 is 1. The molecule has 0 aliphatic carbocycles. The first-order valence-electron chi connectivity index (χ1n) is 4.15. The van der Waals surface area contributed by atoms with Crippen LogP contribution in [0.4, 0.5) is 0 Å². The third-order valence-electron chi connectivity index (χ3n) is 2.11. The molecule has 0 aromatic heterocycles. The molecule has 1 aromatic carbocycles. The Labute approximate surface area is 82.3 Å². The topological polar surface area (TPSA) is 72.6 Å². The number of hydrogen-bond acceptors (Lipinski definition) is 3. The lowest BCUT2D eigenvalue weighted by atomic mass is 9.95. The van der Waals surface area contributed by atoms with Crippen molar-refractivity contribution in [1.29, 1.82) is 0 Å². The van der Waals surface area contributed by atoms with E-state index in [1.807, 2.05) is 0 Å². The Balaban J connectivity index is 3.12. The van der Waals surface area contributed by atoms with Gasteiger partial charge < -0.3 is 15.6 Å². The molecule has 0 aliphatic heterocycles. The number of primary amides is 1. The Kier molecular flexibility index (Phi) is 2.76. The zero-order valence-electron chi connectivity index (χ0n) is 8.15. The number of benzene rings is 1. The third-order valence-corrected chi connectivity index (χ3v) is 2.11. The van der Waals surface area contributed by atoms with Gasteiger partial charge in [0.25, 0.3) is 5.91 Å². The van der Waals surface area contributed by atoms with Crippen LogP contribution >= 0.6 is 0 Å². The number of nitrogens with two attached hydrogens (primary N) is 1. The Morgan fingerprint density at radius 3 is 2.71 bits per heavy atom. The lowest BCUT2D eigenvalue weighted by Gasteiger charge is -2.19. The van der Waals surface area contributed by atoms with Crippen molar-refractivity contribution in [2.24, 2.45) is 5.73 Å². The molecule has 0 fully saturated rings. The van der Waals surface area contributed by atoms with Gasteiger partial charge in [0.05, 0.1) is 7.11 Å². The SMILES string of the molecule is COc1cccc(C(C)(O)C(N)=O)c1. The number of rotatable bonds is 3. The number of carbonyl (C=O) groups excluding carboxylic acids is 1. The molecule has 1 unspecified atom stereocenters. The average Bonchev–Trinajstić information content (AvgIpc) is 2.17.